The molecule has 0 spiro atoms. The average Bonchev–Trinajstić information content (AvgIpc) is 2.39. The van der Waals surface area contributed by atoms with E-state index in [2.05, 4.69) is 64.3 Å². The number of hydrogen-bond acceptors (Lipinski definition) is 2. The van der Waals surface area contributed by atoms with Crippen molar-refractivity contribution in [3.05, 3.63) is 58.3 Å². The van der Waals surface area contributed by atoms with Crippen LogP contribution in [0.4, 0.5) is 5.69 Å². The molecule has 18 heavy (non-hydrogen) atoms. The van der Waals surface area contributed by atoms with Gasteiger partial charge < -0.3 is 5.32 Å². The highest BCUT2D eigenvalue weighted by Gasteiger charge is 2.08. The summed E-state index contributed by atoms with van der Waals surface area (Å²) in [6.07, 6.45) is 2.89. The first kappa shape index (κ1) is 13.1. The van der Waals surface area contributed by atoms with E-state index < -0.39 is 0 Å². The molecule has 0 saturated heterocycles. The summed E-state index contributed by atoms with van der Waals surface area (Å²) < 4.78 is 0.858. The minimum absolute atomic E-state index is 0.327. The lowest BCUT2D eigenvalue weighted by Crippen LogP contribution is -2.09. The first-order chi connectivity index (χ1) is 8.69. The van der Waals surface area contributed by atoms with E-state index >= 15 is 0 Å². The van der Waals surface area contributed by atoms with Crippen LogP contribution in [0.15, 0.2) is 47.2 Å². The molecule has 0 aliphatic carbocycles. The Kier molecular flexibility index (Phi) is 4.37. The van der Waals surface area contributed by atoms with Gasteiger partial charge in [0, 0.05) is 0 Å². The molecule has 1 aromatic heterocycles. The average molecular weight is 305 g/mol. The van der Waals surface area contributed by atoms with E-state index in [1.54, 1.807) is 0 Å². The maximum Gasteiger partial charge on any atom is 0.106 e. The molecule has 3 heteroatoms. The van der Waals surface area contributed by atoms with Crippen molar-refractivity contribution in [2.24, 2.45) is 0 Å². The molecule has 0 radical (unpaired) electrons. The quantitative estimate of drug-likeness (QED) is 0.827. The molecule has 1 N–H and O–H groups in total. The van der Waals surface area contributed by atoms with E-state index in [1.165, 1.54) is 11.1 Å². The minimum Gasteiger partial charge on any atom is -0.377 e. The Morgan fingerprint density at radius 3 is 2.44 bits per heavy atom. The summed E-state index contributed by atoms with van der Waals surface area (Å²) in [4.78, 5) is 4.23. The highest BCUT2D eigenvalue weighted by atomic mass is 79.9. The lowest BCUT2D eigenvalue weighted by Gasteiger charge is -2.18. The number of aromatic nitrogens is 1. The predicted molar refractivity (Wildman–Crippen MR) is 79.8 cm³/mol. The van der Waals surface area contributed by atoms with Crippen LogP contribution >= 0.6 is 15.9 Å². The fourth-order valence-electron chi connectivity index (χ4n) is 1.88. The third-order valence-electron chi connectivity index (χ3n) is 2.96. The normalized spacial score (nSPS) is 12.2. The Labute approximate surface area is 117 Å². The van der Waals surface area contributed by atoms with E-state index in [4.69, 9.17) is 0 Å². The molecule has 0 aliphatic heterocycles. The summed E-state index contributed by atoms with van der Waals surface area (Å²) in [5, 5.41) is 3.51. The molecule has 0 bridgehead atoms. The molecule has 1 unspecified atom stereocenters. The minimum atomic E-state index is 0.327. The van der Waals surface area contributed by atoms with Crippen molar-refractivity contribution in [2.45, 2.75) is 26.3 Å². The molecule has 0 saturated carbocycles. The SMILES string of the molecule is CCC(Nc1ccc(Br)nc1)c1ccc(C)cc1. The zero-order chi connectivity index (χ0) is 13.0. The van der Waals surface area contributed by atoms with E-state index in [1.807, 2.05) is 18.3 Å². The Hall–Kier alpha value is -1.35. The van der Waals surface area contributed by atoms with Gasteiger partial charge in [0.15, 0.2) is 0 Å². The second kappa shape index (κ2) is 6.01. The summed E-state index contributed by atoms with van der Waals surface area (Å²) in [7, 11) is 0. The van der Waals surface area contributed by atoms with Crippen molar-refractivity contribution in [1.29, 1.82) is 0 Å². The van der Waals surface area contributed by atoms with Gasteiger partial charge in [-0.3, -0.25) is 0 Å². The largest absolute Gasteiger partial charge is 0.377 e. The van der Waals surface area contributed by atoms with Gasteiger partial charge in [0.25, 0.3) is 0 Å². The number of hydrogen-bond donors (Lipinski definition) is 1. The first-order valence-electron chi connectivity index (χ1n) is 6.13. The molecule has 1 atom stereocenters. The fourth-order valence-corrected chi connectivity index (χ4v) is 2.12. The molecule has 94 valence electrons. The number of benzene rings is 1. The molecule has 0 aliphatic rings. The van der Waals surface area contributed by atoms with E-state index in [-0.39, 0.29) is 0 Å². The summed E-state index contributed by atoms with van der Waals surface area (Å²) >= 11 is 3.34. The van der Waals surface area contributed by atoms with Crippen LogP contribution in [0.1, 0.15) is 30.5 Å². The van der Waals surface area contributed by atoms with Crippen LogP contribution < -0.4 is 5.32 Å². The number of rotatable bonds is 4. The lowest BCUT2D eigenvalue weighted by molar-refractivity contribution is 0.748. The zero-order valence-electron chi connectivity index (χ0n) is 10.7. The van der Waals surface area contributed by atoms with Crippen LogP contribution in [-0.2, 0) is 0 Å². The van der Waals surface area contributed by atoms with E-state index in [0.29, 0.717) is 6.04 Å². The number of pyridine rings is 1. The van der Waals surface area contributed by atoms with E-state index in [0.717, 1.165) is 16.7 Å². The number of aryl methyl sites for hydroxylation is 1. The van der Waals surface area contributed by atoms with Crippen molar-refractivity contribution in [1.82, 2.24) is 4.98 Å². The Morgan fingerprint density at radius 2 is 1.89 bits per heavy atom. The van der Waals surface area contributed by atoms with E-state index in [9.17, 15) is 0 Å². The van der Waals surface area contributed by atoms with Crippen molar-refractivity contribution in [3.8, 4) is 0 Å². The summed E-state index contributed by atoms with van der Waals surface area (Å²) in [6, 6.07) is 13.0. The first-order valence-corrected chi connectivity index (χ1v) is 6.93. The van der Waals surface area contributed by atoms with Crippen molar-refractivity contribution < 1.29 is 0 Å². The topological polar surface area (TPSA) is 24.9 Å². The summed E-state index contributed by atoms with van der Waals surface area (Å²) in [5.41, 5.74) is 3.65. The molecule has 2 rings (SSSR count). The third-order valence-corrected chi connectivity index (χ3v) is 3.43. The summed E-state index contributed by atoms with van der Waals surface area (Å²) in [5.74, 6) is 0. The second-order valence-corrected chi connectivity index (χ2v) is 5.20. The Morgan fingerprint density at radius 1 is 1.17 bits per heavy atom. The number of halogens is 1. The molecule has 0 amide bonds. The molecule has 1 aromatic carbocycles. The monoisotopic (exact) mass is 304 g/mol. The Bertz CT molecular complexity index is 491. The van der Waals surface area contributed by atoms with Gasteiger partial charge >= 0.3 is 0 Å². The van der Waals surface area contributed by atoms with Crippen LogP contribution in [0.25, 0.3) is 0 Å². The second-order valence-electron chi connectivity index (χ2n) is 4.39. The Balaban J connectivity index is 2.14. The smallest absolute Gasteiger partial charge is 0.106 e. The van der Waals surface area contributed by atoms with Crippen LogP contribution in [0.3, 0.4) is 0 Å². The van der Waals surface area contributed by atoms with Crippen molar-refractivity contribution >= 4 is 21.6 Å². The highest BCUT2D eigenvalue weighted by molar-refractivity contribution is 9.10. The van der Waals surface area contributed by atoms with Crippen LogP contribution in [0.2, 0.25) is 0 Å². The van der Waals surface area contributed by atoms with Gasteiger partial charge in [-0.2, -0.15) is 0 Å². The standard InChI is InChI=1S/C15H17BrN2/c1-3-14(12-6-4-11(2)5-7-12)18-13-8-9-15(16)17-10-13/h4-10,14,18H,3H2,1-2H3. The van der Waals surface area contributed by atoms with Gasteiger partial charge in [-0.25, -0.2) is 4.98 Å². The molecular formula is C15H17BrN2. The van der Waals surface area contributed by atoms with Gasteiger partial charge in [-0.1, -0.05) is 36.8 Å². The molecular weight excluding hydrogens is 288 g/mol. The van der Waals surface area contributed by atoms with Gasteiger partial charge in [0.2, 0.25) is 0 Å². The van der Waals surface area contributed by atoms with Gasteiger partial charge in [0.1, 0.15) is 4.60 Å². The van der Waals surface area contributed by atoms with Crippen molar-refractivity contribution in [3.63, 3.8) is 0 Å². The molecule has 2 nitrogen and oxygen atoms in total. The lowest BCUT2D eigenvalue weighted by atomic mass is 10.0. The number of anilines is 1. The highest BCUT2D eigenvalue weighted by Crippen LogP contribution is 2.23. The number of nitrogens with zero attached hydrogens (tertiary/aromatic N) is 1. The fraction of sp³-hybridized carbons (Fsp3) is 0.267. The zero-order valence-corrected chi connectivity index (χ0v) is 12.2. The predicted octanol–water partition coefficient (Wildman–Crippen LogP) is 4.72. The molecule has 2 aromatic rings. The van der Waals surface area contributed by atoms with Gasteiger partial charge in [0.05, 0.1) is 17.9 Å². The van der Waals surface area contributed by atoms with Gasteiger partial charge in [-0.15, -0.1) is 0 Å². The maximum absolute atomic E-state index is 4.23. The van der Waals surface area contributed by atoms with Gasteiger partial charge in [-0.05, 0) is 47.0 Å². The van der Waals surface area contributed by atoms with Crippen LogP contribution in [-0.4, -0.2) is 4.98 Å². The summed E-state index contributed by atoms with van der Waals surface area (Å²) in [6.45, 7) is 4.29. The number of nitrogens with one attached hydrogen (secondary N) is 1. The van der Waals surface area contributed by atoms with Crippen LogP contribution in [0, 0.1) is 6.92 Å². The third kappa shape index (κ3) is 3.33. The van der Waals surface area contributed by atoms with Crippen molar-refractivity contribution in [2.75, 3.05) is 5.32 Å². The molecule has 1 heterocycles. The van der Waals surface area contributed by atoms with Crippen LogP contribution in [0.5, 0.6) is 0 Å². The molecule has 0 fully saturated rings. The maximum atomic E-state index is 4.23.